The molecule has 446 valence electrons. The zero-order valence-electron chi connectivity index (χ0n) is 50.8. The Bertz CT molecular complexity index is 1490. The van der Waals surface area contributed by atoms with Gasteiger partial charge in [-0.05, 0) is 83.5 Å². The smallest absolute Gasteiger partial charge is 0.306 e. The van der Waals surface area contributed by atoms with Crippen molar-refractivity contribution in [2.45, 2.75) is 296 Å². The molecule has 0 N–H and O–H groups in total. The second-order valence-electron chi connectivity index (χ2n) is 22.7. The van der Waals surface area contributed by atoms with Crippen LogP contribution in [0.15, 0.2) is 72.9 Å². The van der Waals surface area contributed by atoms with E-state index < -0.39 is 24.3 Å². The average Bonchev–Trinajstić information content (AvgIpc) is 3.40. The van der Waals surface area contributed by atoms with Crippen molar-refractivity contribution in [3.8, 4) is 0 Å². The predicted molar refractivity (Wildman–Crippen MR) is 325 cm³/mol. The summed E-state index contributed by atoms with van der Waals surface area (Å²) < 4.78 is 22.7. The summed E-state index contributed by atoms with van der Waals surface area (Å²) in [5, 5.41) is 11.8. The SMILES string of the molecule is CC/C=C\C/C=C\C/C=C\C/C=C\CCCCCCC(=O)OC(COC(=O)CCCCCCCCCCCCCCCCCCCCCCCCC/C=C\C/C=C\CCCCCCC)COC(OCC[N+](C)(C)C)C(=O)[O-]. The minimum Gasteiger partial charge on any atom is -0.545 e. The lowest BCUT2D eigenvalue weighted by Crippen LogP contribution is -2.44. The lowest BCUT2D eigenvalue weighted by Gasteiger charge is -2.26. The molecule has 2 unspecified atom stereocenters. The minimum absolute atomic E-state index is 0.141. The van der Waals surface area contributed by atoms with Gasteiger partial charge in [-0.25, -0.2) is 0 Å². The number of nitrogens with zero attached hydrogens (tertiary/aromatic N) is 1. The molecule has 0 aromatic carbocycles. The fourth-order valence-electron chi connectivity index (χ4n) is 9.03. The Balaban J connectivity index is 4.04. The van der Waals surface area contributed by atoms with Gasteiger partial charge in [-0.2, -0.15) is 0 Å². The lowest BCUT2D eigenvalue weighted by molar-refractivity contribution is -0.870. The number of carbonyl (C=O) groups excluding carboxylic acids is 3. The van der Waals surface area contributed by atoms with Gasteiger partial charge in [-0.1, -0.05) is 260 Å². The second kappa shape index (κ2) is 58.9. The second-order valence-corrected chi connectivity index (χ2v) is 22.7. The number of hydrogen-bond donors (Lipinski definition) is 0. The summed E-state index contributed by atoms with van der Waals surface area (Å²) in [6.07, 6.45) is 74.2. The molecule has 0 aliphatic rings. The van der Waals surface area contributed by atoms with E-state index in [1.807, 2.05) is 21.1 Å². The van der Waals surface area contributed by atoms with E-state index in [4.69, 9.17) is 18.9 Å². The number of quaternary nitrogens is 1. The zero-order chi connectivity index (χ0) is 56.2. The molecule has 2 atom stereocenters. The summed E-state index contributed by atoms with van der Waals surface area (Å²) >= 11 is 0. The van der Waals surface area contributed by atoms with Gasteiger partial charge in [0.1, 0.15) is 13.2 Å². The molecule has 0 bridgehead atoms. The van der Waals surface area contributed by atoms with Crippen LogP contribution in [0.5, 0.6) is 0 Å². The van der Waals surface area contributed by atoms with E-state index in [0.717, 1.165) is 77.0 Å². The van der Waals surface area contributed by atoms with Crippen LogP contribution in [0.3, 0.4) is 0 Å². The molecule has 0 radical (unpaired) electrons. The number of carbonyl (C=O) groups is 3. The number of allylic oxidation sites excluding steroid dienone is 12. The third-order valence-electron chi connectivity index (χ3n) is 13.9. The average molecular weight is 1080 g/mol. The standard InChI is InChI=1S/C68H121NO8/c1-6-8-10-12-14-16-18-20-22-24-25-26-27-28-29-30-31-32-33-34-35-36-37-38-39-40-41-43-44-46-48-50-52-54-56-58-65(70)75-62-64(63-76-68(67(72)73)74-61-60-69(3,4)5)77-66(71)59-57-55-53-51-49-47-45-42-23-21-19-17-15-13-11-9-7-2/h9,11,15,17-18,20-21,23-25,45,47,64,68H,6-8,10,12-14,16,19,22,26-44,46,48-63H2,1-5H3/b11-9-,17-15-,20-18-,23-21-,25-24-,47-45-. The number of likely N-dealkylation sites (N-methyl/N-ethyl adjacent to an activating group) is 1. The van der Waals surface area contributed by atoms with Gasteiger partial charge in [0.05, 0.1) is 40.3 Å². The van der Waals surface area contributed by atoms with Crippen molar-refractivity contribution in [3.05, 3.63) is 72.9 Å². The first-order chi connectivity index (χ1) is 37.6. The molecule has 0 amide bonds. The van der Waals surface area contributed by atoms with Crippen molar-refractivity contribution < 1.29 is 42.9 Å². The van der Waals surface area contributed by atoms with Gasteiger partial charge in [0.15, 0.2) is 12.4 Å². The highest BCUT2D eigenvalue weighted by atomic mass is 16.7. The van der Waals surface area contributed by atoms with Gasteiger partial charge in [-0.3, -0.25) is 9.59 Å². The zero-order valence-corrected chi connectivity index (χ0v) is 50.8. The van der Waals surface area contributed by atoms with Crippen molar-refractivity contribution in [2.24, 2.45) is 0 Å². The van der Waals surface area contributed by atoms with E-state index in [9.17, 15) is 19.5 Å². The van der Waals surface area contributed by atoms with E-state index in [0.29, 0.717) is 17.4 Å². The molecule has 0 saturated heterocycles. The number of esters is 2. The number of aliphatic carboxylic acids is 1. The van der Waals surface area contributed by atoms with Crippen LogP contribution in [0, 0.1) is 0 Å². The quantitative estimate of drug-likeness (QED) is 0.0195. The monoisotopic (exact) mass is 1080 g/mol. The first-order valence-electron chi connectivity index (χ1n) is 32.1. The Labute approximate surface area is 475 Å². The van der Waals surface area contributed by atoms with Crippen LogP contribution in [0.1, 0.15) is 284 Å². The Morgan fingerprint density at radius 2 is 0.740 bits per heavy atom. The molecule has 9 heteroatoms. The van der Waals surface area contributed by atoms with Gasteiger partial charge in [0.25, 0.3) is 0 Å². The van der Waals surface area contributed by atoms with Crippen LogP contribution in [-0.4, -0.2) is 82.3 Å². The summed E-state index contributed by atoms with van der Waals surface area (Å²) in [6.45, 7) is 4.61. The van der Waals surface area contributed by atoms with Gasteiger partial charge >= 0.3 is 11.9 Å². The molecule has 0 heterocycles. The van der Waals surface area contributed by atoms with Crippen molar-refractivity contribution in [1.82, 2.24) is 0 Å². The largest absolute Gasteiger partial charge is 0.545 e. The van der Waals surface area contributed by atoms with Crippen LogP contribution in [0.25, 0.3) is 0 Å². The summed E-state index contributed by atoms with van der Waals surface area (Å²) in [7, 11) is 5.91. The van der Waals surface area contributed by atoms with Crippen molar-refractivity contribution in [1.29, 1.82) is 0 Å². The highest BCUT2D eigenvalue weighted by molar-refractivity contribution is 5.70. The fourth-order valence-corrected chi connectivity index (χ4v) is 9.03. The Kier molecular flexibility index (Phi) is 56.4. The molecule has 0 aliphatic carbocycles. The first-order valence-corrected chi connectivity index (χ1v) is 32.1. The van der Waals surface area contributed by atoms with Crippen LogP contribution >= 0.6 is 0 Å². The van der Waals surface area contributed by atoms with E-state index in [-0.39, 0.29) is 38.6 Å². The molecule has 77 heavy (non-hydrogen) atoms. The normalized spacial score (nSPS) is 13.2. The van der Waals surface area contributed by atoms with Gasteiger partial charge < -0.3 is 33.3 Å². The molecule has 0 aromatic heterocycles. The molecule has 9 nitrogen and oxygen atoms in total. The van der Waals surface area contributed by atoms with Crippen molar-refractivity contribution in [2.75, 3.05) is 47.5 Å². The molecule has 0 spiro atoms. The van der Waals surface area contributed by atoms with Crippen molar-refractivity contribution in [3.63, 3.8) is 0 Å². The Morgan fingerprint density at radius 3 is 1.10 bits per heavy atom. The number of hydrogen-bond acceptors (Lipinski definition) is 8. The maximum Gasteiger partial charge on any atom is 0.306 e. The number of unbranched alkanes of at least 4 members (excludes halogenated alkanes) is 32. The molecule has 0 rings (SSSR count). The first kappa shape index (κ1) is 73.7. The Hall–Kier alpha value is -3.27. The molecular formula is C68H121NO8. The summed E-state index contributed by atoms with van der Waals surface area (Å²) in [6, 6.07) is 0. The van der Waals surface area contributed by atoms with Gasteiger partial charge in [0, 0.05) is 12.8 Å². The molecule has 0 aromatic rings. The van der Waals surface area contributed by atoms with Crippen LogP contribution in [-0.2, 0) is 33.3 Å². The highest BCUT2D eigenvalue weighted by Gasteiger charge is 2.22. The van der Waals surface area contributed by atoms with Crippen LogP contribution in [0.4, 0.5) is 0 Å². The van der Waals surface area contributed by atoms with E-state index in [1.54, 1.807) is 0 Å². The molecule has 0 fully saturated rings. The maximum atomic E-state index is 12.8. The maximum absolute atomic E-state index is 12.8. The number of carboxylic acids is 1. The summed E-state index contributed by atoms with van der Waals surface area (Å²) in [4.78, 5) is 37.3. The molecular weight excluding hydrogens is 959 g/mol. The van der Waals surface area contributed by atoms with Crippen LogP contribution in [0.2, 0.25) is 0 Å². The predicted octanol–water partition coefficient (Wildman–Crippen LogP) is 18.0. The Morgan fingerprint density at radius 1 is 0.403 bits per heavy atom. The van der Waals surface area contributed by atoms with E-state index >= 15 is 0 Å². The van der Waals surface area contributed by atoms with E-state index in [1.165, 1.54) is 173 Å². The lowest BCUT2D eigenvalue weighted by atomic mass is 10.0. The van der Waals surface area contributed by atoms with Crippen molar-refractivity contribution >= 4 is 17.9 Å². The fraction of sp³-hybridized carbons (Fsp3) is 0.779. The molecule has 0 aliphatic heterocycles. The molecule has 0 saturated carbocycles. The minimum atomic E-state index is -1.63. The summed E-state index contributed by atoms with van der Waals surface area (Å²) in [5.41, 5.74) is 0. The highest BCUT2D eigenvalue weighted by Crippen LogP contribution is 2.17. The van der Waals surface area contributed by atoms with E-state index in [2.05, 4.69) is 86.8 Å². The van der Waals surface area contributed by atoms with Gasteiger partial charge in [-0.15, -0.1) is 0 Å². The topological polar surface area (TPSA) is 111 Å². The summed E-state index contributed by atoms with van der Waals surface area (Å²) in [5.74, 6) is -2.31. The number of ether oxygens (including phenoxy) is 4. The third-order valence-corrected chi connectivity index (χ3v) is 13.9. The third kappa shape index (κ3) is 60.2. The van der Waals surface area contributed by atoms with Gasteiger partial charge in [0.2, 0.25) is 0 Å². The van der Waals surface area contributed by atoms with Crippen LogP contribution < -0.4 is 5.11 Å². The number of rotatable bonds is 59. The number of carboxylic acid groups (broad SMARTS) is 1.